The number of nitrogens with zero attached hydrogens (tertiary/aromatic N) is 2. The van der Waals surface area contributed by atoms with Crippen molar-refractivity contribution in [3.8, 4) is 0 Å². The minimum atomic E-state index is -0.523. The zero-order valence-corrected chi connectivity index (χ0v) is 13.6. The van der Waals surface area contributed by atoms with Crippen molar-refractivity contribution in [3.05, 3.63) is 34.9 Å². The Kier molecular flexibility index (Phi) is 3.99. The topological polar surface area (TPSA) is 42.4 Å². The first-order chi connectivity index (χ1) is 9.26. The third-order valence-electron chi connectivity index (χ3n) is 2.68. The fourth-order valence-corrected chi connectivity index (χ4v) is 2.09. The van der Waals surface area contributed by atoms with Gasteiger partial charge >= 0.3 is 6.09 Å². The Bertz CT molecular complexity index is 650. The van der Waals surface area contributed by atoms with E-state index in [2.05, 4.69) is 20.9 Å². The molecule has 0 bridgehead atoms. The highest BCUT2D eigenvalue weighted by Gasteiger charge is 2.21. The van der Waals surface area contributed by atoms with Crippen LogP contribution in [0.4, 0.5) is 10.6 Å². The summed E-state index contributed by atoms with van der Waals surface area (Å²) in [4.78, 5) is 17.7. The lowest BCUT2D eigenvalue weighted by Gasteiger charge is -2.24. The first-order valence-electron chi connectivity index (χ1n) is 6.28. The molecule has 20 heavy (non-hydrogen) atoms. The zero-order chi connectivity index (χ0) is 14.9. The number of fused-ring (bicyclic) bond motifs is 1. The number of aromatic nitrogens is 1. The normalized spacial score (nSPS) is 11.4. The minimum absolute atomic E-state index is 0.417. The van der Waals surface area contributed by atoms with E-state index < -0.39 is 11.7 Å². The summed E-state index contributed by atoms with van der Waals surface area (Å²) in [5.41, 5.74) is -0.523. The molecule has 0 aliphatic heterocycles. The first kappa shape index (κ1) is 14.8. The van der Waals surface area contributed by atoms with Crippen LogP contribution in [0.5, 0.6) is 0 Å². The molecule has 1 aromatic heterocycles. The maximum absolute atomic E-state index is 12.0. The van der Waals surface area contributed by atoms with Crippen molar-refractivity contribution in [3.63, 3.8) is 0 Å². The molecule has 0 spiro atoms. The summed E-state index contributed by atoms with van der Waals surface area (Å²) in [6.45, 7) is 5.51. The summed E-state index contributed by atoms with van der Waals surface area (Å²) in [6.07, 6.45) is 1.33. The second-order valence-electron chi connectivity index (χ2n) is 5.57. The Morgan fingerprint density at radius 2 is 1.95 bits per heavy atom. The summed E-state index contributed by atoms with van der Waals surface area (Å²) in [5, 5.41) is 2.04. The highest BCUT2D eigenvalue weighted by molar-refractivity contribution is 9.10. The number of amides is 1. The maximum Gasteiger partial charge on any atom is 0.415 e. The van der Waals surface area contributed by atoms with Crippen LogP contribution in [-0.2, 0) is 4.74 Å². The number of anilines is 1. The molecular formula is C15H17BrN2O2. The molecule has 4 nitrogen and oxygen atoms in total. The molecule has 2 aromatic rings. The van der Waals surface area contributed by atoms with E-state index in [1.165, 1.54) is 4.90 Å². The number of rotatable bonds is 1. The van der Waals surface area contributed by atoms with Crippen molar-refractivity contribution in [2.75, 3.05) is 11.9 Å². The number of hydrogen-bond acceptors (Lipinski definition) is 3. The quantitative estimate of drug-likeness (QED) is 0.776. The van der Waals surface area contributed by atoms with Gasteiger partial charge in [0.2, 0.25) is 0 Å². The molecule has 0 atom stereocenters. The van der Waals surface area contributed by atoms with Crippen LogP contribution < -0.4 is 4.90 Å². The molecule has 0 fully saturated rings. The SMILES string of the molecule is CN(C(=O)OC(C)(C)C)c1cc2cc(Br)ccc2cn1. The van der Waals surface area contributed by atoms with Crippen molar-refractivity contribution in [2.24, 2.45) is 0 Å². The number of pyridine rings is 1. The van der Waals surface area contributed by atoms with Gasteiger partial charge in [0.1, 0.15) is 11.4 Å². The van der Waals surface area contributed by atoms with Gasteiger partial charge in [0.25, 0.3) is 0 Å². The van der Waals surface area contributed by atoms with E-state index in [1.807, 2.05) is 45.0 Å². The molecule has 0 saturated heterocycles. The van der Waals surface area contributed by atoms with E-state index in [9.17, 15) is 4.79 Å². The van der Waals surface area contributed by atoms with Crippen LogP contribution in [-0.4, -0.2) is 23.7 Å². The summed E-state index contributed by atoms with van der Waals surface area (Å²) in [5.74, 6) is 0.560. The lowest BCUT2D eigenvalue weighted by molar-refractivity contribution is 0.0588. The summed E-state index contributed by atoms with van der Waals surface area (Å²) in [7, 11) is 1.65. The molecule has 1 amide bonds. The largest absolute Gasteiger partial charge is 0.443 e. The number of carbonyl (C=O) groups is 1. The molecule has 0 unspecified atom stereocenters. The van der Waals surface area contributed by atoms with Crippen LogP contribution in [0.3, 0.4) is 0 Å². The molecule has 0 saturated carbocycles. The molecule has 1 heterocycles. The van der Waals surface area contributed by atoms with Gasteiger partial charge in [-0.05, 0) is 44.4 Å². The summed E-state index contributed by atoms with van der Waals surface area (Å²) < 4.78 is 6.32. The molecule has 2 rings (SSSR count). The van der Waals surface area contributed by atoms with Crippen LogP contribution in [0.1, 0.15) is 20.8 Å². The highest BCUT2D eigenvalue weighted by Crippen LogP contribution is 2.23. The second kappa shape index (κ2) is 5.40. The summed E-state index contributed by atoms with van der Waals surface area (Å²) >= 11 is 3.44. The molecular weight excluding hydrogens is 320 g/mol. The van der Waals surface area contributed by atoms with Crippen LogP contribution in [0.2, 0.25) is 0 Å². The summed E-state index contributed by atoms with van der Waals surface area (Å²) in [6, 6.07) is 7.79. The molecule has 0 aliphatic carbocycles. The smallest absolute Gasteiger partial charge is 0.415 e. The average Bonchev–Trinajstić information content (AvgIpc) is 2.34. The average molecular weight is 337 g/mol. The van der Waals surface area contributed by atoms with Crippen molar-refractivity contribution in [1.82, 2.24) is 4.98 Å². The van der Waals surface area contributed by atoms with Crippen molar-refractivity contribution < 1.29 is 9.53 Å². The van der Waals surface area contributed by atoms with E-state index in [-0.39, 0.29) is 0 Å². The van der Waals surface area contributed by atoms with Crippen molar-refractivity contribution in [1.29, 1.82) is 0 Å². The van der Waals surface area contributed by atoms with Crippen LogP contribution >= 0.6 is 15.9 Å². The Morgan fingerprint density at radius 1 is 1.25 bits per heavy atom. The number of carbonyl (C=O) groups excluding carboxylic acids is 1. The van der Waals surface area contributed by atoms with Crippen molar-refractivity contribution in [2.45, 2.75) is 26.4 Å². The fourth-order valence-electron chi connectivity index (χ4n) is 1.71. The molecule has 106 valence electrons. The van der Waals surface area contributed by atoms with E-state index >= 15 is 0 Å². The Balaban J connectivity index is 2.30. The molecule has 0 aliphatic rings. The van der Waals surface area contributed by atoms with Gasteiger partial charge in [-0.2, -0.15) is 0 Å². The van der Waals surface area contributed by atoms with Gasteiger partial charge in [0.05, 0.1) is 0 Å². The number of ether oxygens (including phenoxy) is 1. The zero-order valence-electron chi connectivity index (χ0n) is 12.0. The van der Waals surface area contributed by atoms with E-state index in [0.717, 1.165) is 15.2 Å². The molecule has 0 radical (unpaired) electrons. The standard InChI is InChI=1S/C15H17BrN2O2/c1-15(2,3)20-14(19)18(4)13-8-11-7-12(16)6-5-10(11)9-17-13/h5-9H,1-4H3. The fraction of sp³-hybridized carbons (Fsp3) is 0.333. The van der Waals surface area contributed by atoms with E-state index in [4.69, 9.17) is 4.74 Å². The van der Waals surface area contributed by atoms with Crippen LogP contribution in [0, 0.1) is 0 Å². The van der Waals surface area contributed by atoms with Gasteiger partial charge < -0.3 is 4.74 Å². The molecule has 5 heteroatoms. The van der Waals surface area contributed by atoms with Gasteiger partial charge in [-0.25, -0.2) is 9.78 Å². The monoisotopic (exact) mass is 336 g/mol. The lowest BCUT2D eigenvalue weighted by Crippen LogP contribution is -2.34. The number of benzene rings is 1. The first-order valence-corrected chi connectivity index (χ1v) is 7.07. The van der Waals surface area contributed by atoms with Gasteiger partial charge in [0, 0.05) is 23.1 Å². The highest BCUT2D eigenvalue weighted by atomic mass is 79.9. The lowest BCUT2D eigenvalue weighted by atomic mass is 10.2. The van der Waals surface area contributed by atoms with Crippen molar-refractivity contribution >= 4 is 38.6 Å². The van der Waals surface area contributed by atoms with Gasteiger partial charge in [-0.15, -0.1) is 0 Å². The van der Waals surface area contributed by atoms with Crippen LogP contribution in [0.25, 0.3) is 10.8 Å². The minimum Gasteiger partial charge on any atom is -0.443 e. The third kappa shape index (κ3) is 3.48. The van der Waals surface area contributed by atoms with E-state index in [0.29, 0.717) is 5.82 Å². The molecule has 0 N–H and O–H groups in total. The predicted octanol–water partition coefficient (Wildman–Crippen LogP) is 4.37. The predicted molar refractivity (Wildman–Crippen MR) is 84.1 cm³/mol. The van der Waals surface area contributed by atoms with E-state index in [1.54, 1.807) is 13.2 Å². The Morgan fingerprint density at radius 3 is 2.60 bits per heavy atom. The Labute approximate surface area is 126 Å². The van der Waals surface area contributed by atoms with Gasteiger partial charge in [-0.1, -0.05) is 22.0 Å². The van der Waals surface area contributed by atoms with Gasteiger partial charge in [-0.3, -0.25) is 4.90 Å². The second-order valence-corrected chi connectivity index (χ2v) is 6.49. The molecule has 1 aromatic carbocycles. The number of halogens is 1. The number of hydrogen-bond donors (Lipinski definition) is 0. The van der Waals surface area contributed by atoms with Crippen LogP contribution in [0.15, 0.2) is 34.9 Å². The third-order valence-corrected chi connectivity index (χ3v) is 3.17. The Hall–Kier alpha value is -1.62. The maximum atomic E-state index is 12.0. The van der Waals surface area contributed by atoms with Gasteiger partial charge in [0.15, 0.2) is 0 Å².